The number of carbonyl (C=O) groups is 4. The summed E-state index contributed by atoms with van der Waals surface area (Å²) in [5.41, 5.74) is 2.87. The molecule has 0 saturated heterocycles. The molecule has 4 amide bonds. The van der Waals surface area contributed by atoms with Crippen LogP contribution in [0.15, 0.2) is 0 Å². The molecular formula is C35H63F2N5O5. The number of amides is 4. The van der Waals surface area contributed by atoms with Crippen molar-refractivity contribution in [3.8, 4) is 0 Å². The SMILES string of the molecule is CCCN(CC(O)C(CC1CC(F)CC(F)C1)NC(=O)C1CC(C(=O)N(C)C)CC(C(=O)N(CCC)CCC)C1)NC(=O)CC(C)C. The molecule has 7 atom stereocenters. The Balaban J connectivity index is 2.33. The van der Waals surface area contributed by atoms with E-state index >= 15 is 0 Å². The molecule has 0 bridgehead atoms. The van der Waals surface area contributed by atoms with Crippen LogP contribution in [-0.2, 0) is 19.2 Å². The van der Waals surface area contributed by atoms with Crippen LogP contribution in [0.2, 0.25) is 0 Å². The third-order valence-corrected chi connectivity index (χ3v) is 9.36. The second-order valence-electron chi connectivity index (χ2n) is 14.6. The number of alkyl halides is 2. The quantitative estimate of drug-likeness (QED) is 0.187. The van der Waals surface area contributed by atoms with E-state index in [1.54, 1.807) is 19.1 Å². The summed E-state index contributed by atoms with van der Waals surface area (Å²) in [6.07, 6.45) is 0.135. The van der Waals surface area contributed by atoms with E-state index in [1.807, 2.05) is 39.5 Å². The van der Waals surface area contributed by atoms with Crippen LogP contribution in [0.4, 0.5) is 8.78 Å². The second kappa shape index (κ2) is 20.2. The number of nitrogens with zero attached hydrogens (tertiary/aromatic N) is 3. The first-order chi connectivity index (χ1) is 22.2. The van der Waals surface area contributed by atoms with Gasteiger partial charge in [-0.15, -0.1) is 0 Å². The fourth-order valence-corrected chi connectivity index (χ4v) is 7.29. The fourth-order valence-electron chi connectivity index (χ4n) is 7.29. The number of carbonyl (C=O) groups excluding carboxylic acids is 4. The van der Waals surface area contributed by atoms with E-state index in [4.69, 9.17) is 0 Å². The molecule has 10 nitrogen and oxygen atoms in total. The van der Waals surface area contributed by atoms with Crippen LogP contribution in [0, 0.1) is 29.6 Å². The first-order valence-electron chi connectivity index (χ1n) is 18.0. The highest BCUT2D eigenvalue weighted by molar-refractivity contribution is 5.86. The molecule has 2 fully saturated rings. The normalized spacial score (nSPS) is 26.0. The fraction of sp³-hybridized carbons (Fsp3) is 0.886. The van der Waals surface area contributed by atoms with Crippen LogP contribution in [0.1, 0.15) is 105 Å². The van der Waals surface area contributed by atoms with Crippen LogP contribution >= 0.6 is 0 Å². The monoisotopic (exact) mass is 671 g/mol. The molecule has 3 N–H and O–H groups in total. The van der Waals surface area contributed by atoms with Gasteiger partial charge < -0.3 is 20.2 Å². The van der Waals surface area contributed by atoms with Crippen molar-refractivity contribution in [1.29, 1.82) is 0 Å². The summed E-state index contributed by atoms with van der Waals surface area (Å²) in [6, 6.07) is -0.845. The van der Waals surface area contributed by atoms with Crippen LogP contribution < -0.4 is 10.7 Å². The van der Waals surface area contributed by atoms with Crippen molar-refractivity contribution in [2.24, 2.45) is 29.6 Å². The van der Waals surface area contributed by atoms with E-state index < -0.39 is 42.2 Å². The maximum absolute atomic E-state index is 14.4. The third-order valence-electron chi connectivity index (χ3n) is 9.36. The lowest BCUT2D eigenvalue weighted by atomic mass is 9.73. The highest BCUT2D eigenvalue weighted by Crippen LogP contribution is 2.37. The minimum atomic E-state index is -1.29. The number of halogens is 2. The average molecular weight is 672 g/mol. The molecular weight excluding hydrogens is 608 g/mol. The van der Waals surface area contributed by atoms with Gasteiger partial charge in [-0.25, -0.2) is 13.8 Å². The van der Waals surface area contributed by atoms with Gasteiger partial charge in [-0.05, 0) is 69.6 Å². The standard InChI is InChI=1S/C35H63F2N5O5/c1-8-11-41(12-9-2)35(47)27-19-25(18-26(20-27)34(46)40(6)7)33(45)38-30(17-24-15-28(36)21-29(37)16-24)31(43)22-42(13-10-3)39-32(44)14-23(4)5/h23-31,43H,8-22H2,1-7H3,(H,38,45)(H,39,44). The zero-order chi connectivity index (χ0) is 35.3. The van der Waals surface area contributed by atoms with Crippen LogP contribution in [0.3, 0.4) is 0 Å². The average Bonchev–Trinajstić information content (AvgIpc) is 2.98. The van der Waals surface area contributed by atoms with Gasteiger partial charge in [-0.3, -0.25) is 24.6 Å². The number of hydrogen-bond donors (Lipinski definition) is 3. The van der Waals surface area contributed by atoms with Gasteiger partial charge in [0.1, 0.15) is 12.3 Å². The van der Waals surface area contributed by atoms with Gasteiger partial charge in [-0.1, -0.05) is 34.6 Å². The Hall–Kier alpha value is -2.34. The Morgan fingerprint density at radius 2 is 1.32 bits per heavy atom. The van der Waals surface area contributed by atoms with Crippen LogP contribution in [-0.4, -0.2) is 108 Å². The lowest BCUT2D eigenvalue weighted by Crippen LogP contribution is -2.55. The zero-order valence-electron chi connectivity index (χ0n) is 30.0. The summed E-state index contributed by atoms with van der Waals surface area (Å²) < 4.78 is 28.8. The van der Waals surface area contributed by atoms with Crippen molar-refractivity contribution >= 4 is 23.6 Å². The molecule has 47 heavy (non-hydrogen) atoms. The summed E-state index contributed by atoms with van der Waals surface area (Å²) in [5, 5.41) is 16.2. The lowest BCUT2D eigenvalue weighted by Gasteiger charge is -2.38. The lowest BCUT2D eigenvalue weighted by molar-refractivity contribution is -0.143. The Morgan fingerprint density at radius 3 is 1.83 bits per heavy atom. The second-order valence-corrected chi connectivity index (χ2v) is 14.6. The first-order valence-corrected chi connectivity index (χ1v) is 18.0. The molecule has 272 valence electrons. The summed E-state index contributed by atoms with van der Waals surface area (Å²) in [4.78, 5) is 56.8. The highest BCUT2D eigenvalue weighted by Gasteiger charge is 2.42. The largest absolute Gasteiger partial charge is 0.390 e. The Bertz CT molecular complexity index is 985. The molecule has 0 aromatic rings. The molecule has 2 aliphatic carbocycles. The molecule has 0 radical (unpaired) electrons. The molecule has 0 aromatic carbocycles. The van der Waals surface area contributed by atoms with Crippen LogP contribution in [0.5, 0.6) is 0 Å². The van der Waals surface area contributed by atoms with E-state index in [-0.39, 0.29) is 80.5 Å². The smallest absolute Gasteiger partial charge is 0.234 e. The van der Waals surface area contributed by atoms with Gasteiger partial charge >= 0.3 is 0 Å². The molecule has 2 aliphatic rings. The summed E-state index contributed by atoms with van der Waals surface area (Å²) in [6.45, 7) is 11.6. The van der Waals surface area contributed by atoms with E-state index in [2.05, 4.69) is 10.7 Å². The molecule has 2 saturated carbocycles. The van der Waals surface area contributed by atoms with Crippen molar-refractivity contribution in [2.75, 3.05) is 40.3 Å². The van der Waals surface area contributed by atoms with Gasteiger partial charge in [0.2, 0.25) is 23.6 Å². The Morgan fingerprint density at radius 1 is 0.787 bits per heavy atom. The van der Waals surface area contributed by atoms with Crippen molar-refractivity contribution in [2.45, 2.75) is 130 Å². The van der Waals surface area contributed by atoms with Gasteiger partial charge in [-0.2, -0.15) is 0 Å². The van der Waals surface area contributed by atoms with Gasteiger partial charge in [0.05, 0.1) is 12.1 Å². The zero-order valence-corrected chi connectivity index (χ0v) is 30.0. The predicted molar refractivity (Wildman–Crippen MR) is 179 cm³/mol. The predicted octanol–water partition coefficient (Wildman–Crippen LogP) is 4.26. The van der Waals surface area contributed by atoms with Crippen molar-refractivity contribution in [1.82, 2.24) is 25.6 Å². The molecule has 0 spiro atoms. The summed E-state index contributed by atoms with van der Waals surface area (Å²) in [5.74, 6) is -2.63. The van der Waals surface area contributed by atoms with Gasteiger partial charge in [0.15, 0.2) is 0 Å². The molecule has 0 aromatic heterocycles. The minimum Gasteiger partial charge on any atom is -0.390 e. The number of hydrogen-bond acceptors (Lipinski definition) is 6. The van der Waals surface area contributed by atoms with E-state index in [1.165, 1.54) is 4.90 Å². The molecule has 12 heteroatoms. The molecule has 2 rings (SSSR count). The minimum absolute atomic E-state index is 0.0178. The number of hydrazine groups is 1. The summed E-state index contributed by atoms with van der Waals surface area (Å²) in [7, 11) is 3.33. The summed E-state index contributed by atoms with van der Waals surface area (Å²) >= 11 is 0. The molecule has 0 aliphatic heterocycles. The topological polar surface area (TPSA) is 122 Å². The van der Waals surface area contributed by atoms with E-state index in [0.717, 1.165) is 12.8 Å². The van der Waals surface area contributed by atoms with E-state index in [9.17, 15) is 33.1 Å². The first kappa shape index (κ1) is 40.8. The van der Waals surface area contributed by atoms with Crippen molar-refractivity contribution < 1.29 is 33.1 Å². The van der Waals surface area contributed by atoms with Crippen molar-refractivity contribution in [3.63, 3.8) is 0 Å². The Labute approximate surface area is 281 Å². The number of aliphatic hydroxyl groups excluding tert-OH is 1. The number of rotatable bonds is 18. The molecule has 7 unspecified atom stereocenters. The van der Waals surface area contributed by atoms with Crippen LogP contribution in [0.25, 0.3) is 0 Å². The number of nitrogens with one attached hydrogen (secondary N) is 2. The maximum atomic E-state index is 14.4. The van der Waals surface area contributed by atoms with Gasteiger partial charge in [0.25, 0.3) is 0 Å². The molecule has 0 heterocycles. The van der Waals surface area contributed by atoms with Gasteiger partial charge in [0, 0.05) is 70.9 Å². The Kier molecular flexibility index (Phi) is 17.6. The van der Waals surface area contributed by atoms with Crippen molar-refractivity contribution in [3.05, 3.63) is 0 Å². The third kappa shape index (κ3) is 13.6. The maximum Gasteiger partial charge on any atom is 0.234 e. The highest BCUT2D eigenvalue weighted by atomic mass is 19.1. The van der Waals surface area contributed by atoms with E-state index in [0.29, 0.717) is 38.9 Å². The number of aliphatic hydroxyl groups is 1.